The molecule has 0 saturated carbocycles. The van der Waals surface area contributed by atoms with Gasteiger partial charge in [-0.1, -0.05) is 42.1 Å². The molecule has 1 aromatic heterocycles. The fourth-order valence-corrected chi connectivity index (χ4v) is 2.92. The number of para-hydroxylation sites is 3. The molecule has 0 aliphatic carbocycles. The topological polar surface area (TPSA) is 86.9 Å². The van der Waals surface area contributed by atoms with E-state index >= 15 is 0 Å². The summed E-state index contributed by atoms with van der Waals surface area (Å²) in [5.74, 6) is -0.381. The quantitative estimate of drug-likeness (QED) is 0.635. The monoisotopic (exact) mass is 340 g/mol. The fourth-order valence-electron chi connectivity index (χ4n) is 2.10. The number of imide groups is 1. The number of benzene rings is 2. The minimum atomic E-state index is -0.553. The number of rotatable bonds is 4. The number of carbonyl (C=O) groups is 2. The van der Waals surface area contributed by atoms with Crippen LogP contribution < -0.4 is 10.6 Å². The van der Waals surface area contributed by atoms with E-state index in [2.05, 4.69) is 20.6 Å². The summed E-state index contributed by atoms with van der Waals surface area (Å²) in [6.07, 6.45) is 0. The van der Waals surface area contributed by atoms with Crippen LogP contribution in [0.25, 0.3) is 11.0 Å². The van der Waals surface area contributed by atoms with E-state index in [-0.39, 0.29) is 5.91 Å². The lowest BCUT2D eigenvalue weighted by Crippen LogP contribution is -2.38. The Morgan fingerprint density at radius 2 is 1.79 bits per heavy atom. The first kappa shape index (κ1) is 16.1. The summed E-state index contributed by atoms with van der Waals surface area (Å²) < 4.78 is 0. The van der Waals surface area contributed by atoms with Crippen molar-refractivity contribution in [3.8, 4) is 0 Å². The Morgan fingerprint density at radius 3 is 2.54 bits per heavy atom. The number of aromatic nitrogens is 2. The average Bonchev–Trinajstić information content (AvgIpc) is 2.97. The highest BCUT2D eigenvalue weighted by Crippen LogP contribution is 2.23. The lowest BCUT2D eigenvalue weighted by molar-refractivity contribution is -0.119. The van der Waals surface area contributed by atoms with Gasteiger partial charge in [0.25, 0.3) is 0 Å². The van der Waals surface area contributed by atoms with Crippen molar-refractivity contribution in [2.24, 2.45) is 0 Å². The van der Waals surface area contributed by atoms with E-state index < -0.39 is 11.3 Å². The second kappa shape index (κ2) is 7.18. The molecule has 6 nitrogen and oxygen atoms in total. The SMILES string of the molecule is CC(Sc1nc2ccccc2[nH]1)C(=O)NC(=O)Nc1ccccc1. The summed E-state index contributed by atoms with van der Waals surface area (Å²) in [4.78, 5) is 31.5. The van der Waals surface area contributed by atoms with Gasteiger partial charge in [0.2, 0.25) is 5.91 Å². The molecule has 3 amide bonds. The molecule has 0 aliphatic heterocycles. The van der Waals surface area contributed by atoms with Crippen LogP contribution in [0.4, 0.5) is 10.5 Å². The number of hydrogen-bond acceptors (Lipinski definition) is 4. The maximum atomic E-state index is 12.1. The second-order valence-electron chi connectivity index (χ2n) is 5.13. The molecule has 1 heterocycles. The Balaban J connectivity index is 1.57. The van der Waals surface area contributed by atoms with E-state index in [0.717, 1.165) is 11.0 Å². The maximum Gasteiger partial charge on any atom is 0.325 e. The highest BCUT2D eigenvalue weighted by atomic mass is 32.2. The first-order valence-electron chi connectivity index (χ1n) is 7.40. The average molecular weight is 340 g/mol. The van der Waals surface area contributed by atoms with E-state index in [1.54, 1.807) is 31.2 Å². The molecule has 0 saturated heterocycles. The van der Waals surface area contributed by atoms with Gasteiger partial charge in [-0.2, -0.15) is 0 Å². The molecule has 122 valence electrons. The van der Waals surface area contributed by atoms with Gasteiger partial charge in [0, 0.05) is 5.69 Å². The summed E-state index contributed by atoms with van der Waals surface area (Å²) in [6.45, 7) is 1.73. The van der Waals surface area contributed by atoms with Crippen LogP contribution in [0.2, 0.25) is 0 Å². The minimum absolute atomic E-state index is 0.381. The van der Waals surface area contributed by atoms with Crippen molar-refractivity contribution in [1.82, 2.24) is 15.3 Å². The number of carbonyl (C=O) groups excluding carboxylic acids is 2. The molecule has 1 atom stereocenters. The zero-order valence-corrected chi connectivity index (χ0v) is 13.8. The van der Waals surface area contributed by atoms with Gasteiger partial charge < -0.3 is 10.3 Å². The summed E-state index contributed by atoms with van der Waals surface area (Å²) in [6, 6.07) is 16.0. The molecule has 7 heteroatoms. The number of imidazole rings is 1. The van der Waals surface area contributed by atoms with Crippen molar-refractivity contribution in [3.05, 3.63) is 54.6 Å². The van der Waals surface area contributed by atoms with Gasteiger partial charge in [-0.3, -0.25) is 10.1 Å². The third-order valence-electron chi connectivity index (χ3n) is 3.29. The highest BCUT2D eigenvalue weighted by molar-refractivity contribution is 8.00. The van der Waals surface area contributed by atoms with Gasteiger partial charge in [-0.05, 0) is 31.2 Å². The molecular weight excluding hydrogens is 324 g/mol. The van der Waals surface area contributed by atoms with Crippen LogP contribution in [0.1, 0.15) is 6.92 Å². The number of aromatic amines is 1. The van der Waals surface area contributed by atoms with E-state index in [9.17, 15) is 9.59 Å². The second-order valence-corrected chi connectivity index (χ2v) is 6.46. The molecule has 0 bridgehead atoms. The Hall–Kier alpha value is -2.80. The minimum Gasteiger partial charge on any atom is -0.333 e. The van der Waals surface area contributed by atoms with Crippen molar-refractivity contribution >= 4 is 40.4 Å². The van der Waals surface area contributed by atoms with Crippen LogP contribution in [-0.2, 0) is 4.79 Å². The zero-order chi connectivity index (χ0) is 16.9. The summed E-state index contributed by atoms with van der Waals surface area (Å²) >= 11 is 1.27. The fraction of sp³-hybridized carbons (Fsp3) is 0.118. The van der Waals surface area contributed by atoms with Crippen LogP contribution in [0.3, 0.4) is 0 Å². The van der Waals surface area contributed by atoms with Gasteiger partial charge in [-0.25, -0.2) is 9.78 Å². The Kier molecular flexibility index (Phi) is 4.81. The molecular formula is C17H16N4O2S. The maximum absolute atomic E-state index is 12.1. The summed E-state index contributed by atoms with van der Waals surface area (Å²) in [5, 5.41) is 5.12. The Morgan fingerprint density at radius 1 is 1.08 bits per heavy atom. The van der Waals surface area contributed by atoms with E-state index in [0.29, 0.717) is 10.8 Å². The van der Waals surface area contributed by atoms with Gasteiger partial charge in [-0.15, -0.1) is 0 Å². The largest absolute Gasteiger partial charge is 0.333 e. The number of urea groups is 1. The molecule has 3 N–H and O–H groups in total. The first-order valence-corrected chi connectivity index (χ1v) is 8.28. The molecule has 0 radical (unpaired) electrons. The Bertz CT molecular complexity index is 830. The Labute approximate surface area is 143 Å². The van der Waals surface area contributed by atoms with Crippen LogP contribution >= 0.6 is 11.8 Å². The highest BCUT2D eigenvalue weighted by Gasteiger charge is 2.18. The number of H-pyrrole nitrogens is 1. The van der Waals surface area contributed by atoms with Crippen LogP contribution in [0, 0.1) is 0 Å². The van der Waals surface area contributed by atoms with Gasteiger partial charge in [0.1, 0.15) is 0 Å². The first-order chi connectivity index (χ1) is 11.6. The number of hydrogen-bond donors (Lipinski definition) is 3. The van der Waals surface area contributed by atoms with E-state index in [4.69, 9.17) is 0 Å². The van der Waals surface area contributed by atoms with Crippen LogP contribution in [0.5, 0.6) is 0 Å². The van der Waals surface area contributed by atoms with Gasteiger partial charge in [0.15, 0.2) is 5.16 Å². The van der Waals surface area contributed by atoms with Gasteiger partial charge in [0.05, 0.1) is 16.3 Å². The van der Waals surface area contributed by atoms with Crippen LogP contribution in [0.15, 0.2) is 59.8 Å². The third-order valence-corrected chi connectivity index (χ3v) is 4.28. The molecule has 24 heavy (non-hydrogen) atoms. The van der Waals surface area contributed by atoms with Crippen molar-refractivity contribution in [2.75, 3.05) is 5.32 Å². The normalized spacial score (nSPS) is 11.9. The lowest BCUT2D eigenvalue weighted by Gasteiger charge is -2.10. The molecule has 0 fully saturated rings. The predicted octanol–water partition coefficient (Wildman–Crippen LogP) is 3.39. The lowest BCUT2D eigenvalue weighted by atomic mass is 10.3. The van der Waals surface area contributed by atoms with E-state index in [1.807, 2.05) is 30.3 Å². The van der Waals surface area contributed by atoms with Crippen molar-refractivity contribution in [3.63, 3.8) is 0 Å². The molecule has 0 aliphatic rings. The van der Waals surface area contributed by atoms with Crippen molar-refractivity contribution < 1.29 is 9.59 Å². The number of nitrogens with zero attached hydrogens (tertiary/aromatic N) is 1. The molecule has 3 aromatic rings. The molecule has 3 rings (SSSR count). The molecule has 2 aromatic carbocycles. The standard InChI is InChI=1S/C17H16N4O2S/c1-11(24-17-19-13-9-5-6-10-14(13)20-17)15(22)21-16(23)18-12-7-3-2-4-8-12/h2-11H,1H3,(H,19,20)(H2,18,21,22,23). The molecule has 1 unspecified atom stereocenters. The number of fused-ring (bicyclic) bond motifs is 1. The number of amides is 3. The smallest absolute Gasteiger partial charge is 0.325 e. The van der Waals surface area contributed by atoms with Crippen molar-refractivity contribution in [1.29, 1.82) is 0 Å². The number of thioether (sulfide) groups is 1. The number of nitrogens with one attached hydrogen (secondary N) is 3. The summed E-state index contributed by atoms with van der Waals surface area (Å²) in [5.41, 5.74) is 2.38. The van der Waals surface area contributed by atoms with Crippen LogP contribution in [-0.4, -0.2) is 27.2 Å². The van der Waals surface area contributed by atoms with Gasteiger partial charge >= 0.3 is 6.03 Å². The third kappa shape index (κ3) is 3.94. The number of anilines is 1. The van der Waals surface area contributed by atoms with E-state index in [1.165, 1.54) is 11.8 Å². The summed E-state index contributed by atoms with van der Waals surface area (Å²) in [7, 11) is 0. The van der Waals surface area contributed by atoms with Crippen molar-refractivity contribution in [2.45, 2.75) is 17.3 Å². The zero-order valence-electron chi connectivity index (χ0n) is 12.9. The predicted molar refractivity (Wildman–Crippen MR) is 95.0 cm³/mol. The molecule has 0 spiro atoms.